The maximum Gasteiger partial charge on any atom is 0.0420 e. The molecule has 0 unspecified atom stereocenters. The number of hydrazone groups is 1. The van der Waals surface area contributed by atoms with Crippen molar-refractivity contribution >= 4 is 6.21 Å². The molecule has 22 heavy (non-hydrogen) atoms. The number of likely N-dealkylation sites (tertiary alicyclic amines) is 1. The summed E-state index contributed by atoms with van der Waals surface area (Å²) in [5.41, 5.74) is 1.34. The van der Waals surface area contributed by atoms with Gasteiger partial charge in [0.1, 0.15) is 0 Å². The van der Waals surface area contributed by atoms with E-state index in [2.05, 4.69) is 46.9 Å². The third kappa shape index (κ3) is 4.71. The quantitative estimate of drug-likeness (QED) is 0.572. The Morgan fingerprint density at radius 1 is 1.14 bits per heavy atom. The van der Waals surface area contributed by atoms with Crippen LogP contribution in [0.15, 0.2) is 17.0 Å². The average Bonchev–Trinajstić information content (AvgIpc) is 2.55. The molecule has 2 saturated heterocycles. The highest BCUT2D eigenvalue weighted by Crippen LogP contribution is 2.21. The van der Waals surface area contributed by atoms with Crippen LogP contribution >= 0.6 is 0 Å². The lowest BCUT2D eigenvalue weighted by Crippen LogP contribution is -2.52. The van der Waals surface area contributed by atoms with Crippen LogP contribution in [0.2, 0.25) is 0 Å². The second-order valence-electron chi connectivity index (χ2n) is 6.46. The van der Waals surface area contributed by atoms with Crippen LogP contribution in [0.3, 0.4) is 0 Å². The first-order chi connectivity index (χ1) is 10.6. The minimum absolute atomic E-state index is 0.786. The van der Waals surface area contributed by atoms with Gasteiger partial charge >= 0.3 is 0 Å². The lowest BCUT2D eigenvalue weighted by Gasteiger charge is -2.42. The van der Waals surface area contributed by atoms with E-state index < -0.39 is 0 Å². The highest BCUT2D eigenvalue weighted by Gasteiger charge is 2.26. The van der Waals surface area contributed by atoms with E-state index in [1.54, 1.807) is 0 Å². The molecule has 126 valence electrons. The van der Waals surface area contributed by atoms with Crippen molar-refractivity contribution in [3.8, 4) is 0 Å². The Hall–Kier alpha value is -1.07. The van der Waals surface area contributed by atoms with E-state index in [1.165, 1.54) is 57.8 Å². The van der Waals surface area contributed by atoms with Gasteiger partial charge in [-0.2, -0.15) is 5.10 Å². The molecule has 0 atom stereocenters. The molecule has 2 aliphatic rings. The van der Waals surface area contributed by atoms with Gasteiger partial charge in [0.25, 0.3) is 0 Å². The molecule has 0 amide bonds. The summed E-state index contributed by atoms with van der Waals surface area (Å²) in [6.45, 7) is 14.5. The third-order valence-corrected chi connectivity index (χ3v) is 4.94. The topological polar surface area (TPSA) is 25.3 Å². The number of rotatable bonds is 5. The molecule has 0 aliphatic carbocycles. The molecule has 0 spiro atoms. The Morgan fingerprint density at radius 2 is 1.77 bits per heavy atom. The minimum atomic E-state index is 0.786. The first-order valence-electron chi connectivity index (χ1n) is 8.75. The summed E-state index contributed by atoms with van der Waals surface area (Å²) in [7, 11) is 2.23. The van der Waals surface area contributed by atoms with Crippen molar-refractivity contribution in [3.63, 3.8) is 0 Å². The Labute approximate surface area is 136 Å². The van der Waals surface area contributed by atoms with Gasteiger partial charge in [-0.05, 0) is 40.7 Å². The zero-order valence-corrected chi connectivity index (χ0v) is 14.8. The SMILES string of the molecule is C/C=N\N(/C=C(\C)N1CCC(N2CCN(C)CC2)CC1)CC. The lowest BCUT2D eigenvalue weighted by molar-refractivity contribution is 0.0754. The van der Waals surface area contributed by atoms with E-state index in [0.717, 1.165) is 12.6 Å². The van der Waals surface area contributed by atoms with Crippen molar-refractivity contribution in [3.05, 3.63) is 11.9 Å². The zero-order valence-electron chi connectivity index (χ0n) is 14.8. The Morgan fingerprint density at radius 3 is 2.32 bits per heavy atom. The van der Waals surface area contributed by atoms with Gasteiger partial charge in [0.05, 0.1) is 0 Å². The number of nitrogens with zero attached hydrogens (tertiary/aromatic N) is 5. The second-order valence-corrected chi connectivity index (χ2v) is 6.46. The Bertz CT molecular complexity index is 377. The van der Waals surface area contributed by atoms with Crippen LogP contribution in [0, 0.1) is 0 Å². The number of hydrogen-bond acceptors (Lipinski definition) is 5. The molecule has 0 aromatic rings. The van der Waals surface area contributed by atoms with Gasteiger partial charge in [-0.25, -0.2) is 0 Å². The van der Waals surface area contributed by atoms with E-state index in [9.17, 15) is 0 Å². The summed E-state index contributed by atoms with van der Waals surface area (Å²) < 4.78 is 0. The summed E-state index contributed by atoms with van der Waals surface area (Å²) in [6, 6.07) is 0.786. The predicted octanol–water partition coefficient (Wildman–Crippen LogP) is 1.89. The third-order valence-electron chi connectivity index (χ3n) is 4.94. The molecular formula is C17H33N5. The van der Waals surface area contributed by atoms with Crippen LogP contribution in [-0.4, -0.2) is 84.8 Å². The molecule has 2 rings (SSSR count). The summed E-state index contributed by atoms with van der Waals surface area (Å²) in [4.78, 5) is 7.66. The molecule has 0 saturated carbocycles. The van der Waals surface area contributed by atoms with Crippen molar-refractivity contribution in [1.29, 1.82) is 0 Å². The van der Waals surface area contributed by atoms with Crippen LogP contribution < -0.4 is 0 Å². The number of likely N-dealkylation sites (N-methyl/N-ethyl adjacent to an activating group) is 1. The van der Waals surface area contributed by atoms with Gasteiger partial charge in [-0.3, -0.25) is 9.91 Å². The van der Waals surface area contributed by atoms with Gasteiger partial charge < -0.3 is 9.80 Å². The molecule has 2 fully saturated rings. The fourth-order valence-electron chi connectivity index (χ4n) is 3.42. The monoisotopic (exact) mass is 307 g/mol. The maximum absolute atomic E-state index is 4.37. The second kappa shape index (κ2) is 8.53. The van der Waals surface area contributed by atoms with Crippen molar-refractivity contribution in [2.75, 3.05) is 52.9 Å². The number of piperazine rings is 1. The summed E-state index contributed by atoms with van der Waals surface area (Å²) >= 11 is 0. The van der Waals surface area contributed by atoms with E-state index in [4.69, 9.17) is 0 Å². The average molecular weight is 307 g/mol. The van der Waals surface area contributed by atoms with Crippen LogP contribution in [0.5, 0.6) is 0 Å². The van der Waals surface area contributed by atoms with Crippen molar-refractivity contribution < 1.29 is 0 Å². The molecular weight excluding hydrogens is 274 g/mol. The predicted molar refractivity (Wildman–Crippen MR) is 94.0 cm³/mol. The maximum atomic E-state index is 4.37. The van der Waals surface area contributed by atoms with Crippen LogP contribution in [0.1, 0.15) is 33.6 Å². The first-order valence-corrected chi connectivity index (χ1v) is 8.75. The molecule has 2 heterocycles. The number of hydrogen-bond donors (Lipinski definition) is 0. The van der Waals surface area contributed by atoms with E-state index in [0.29, 0.717) is 0 Å². The van der Waals surface area contributed by atoms with Crippen LogP contribution in [0.4, 0.5) is 0 Å². The van der Waals surface area contributed by atoms with Gasteiger partial charge in [-0.15, -0.1) is 0 Å². The summed E-state index contributed by atoms with van der Waals surface area (Å²) in [5, 5.41) is 6.38. The van der Waals surface area contributed by atoms with E-state index in [-0.39, 0.29) is 0 Å². The summed E-state index contributed by atoms with van der Waals surface area (Å²) in [5.74, 6) is 0. The number of allylic oxidation sites excluding steroid dienone is 1. The fraction of sp³-hybridized carbons (Fsp3) is 0.824. The zero-order chi connectivity index (χ0) is 15.9. The molecule has 0 bridgehead atoms. The summed E-state index contributed by atoms with van der Waals surface area (Å²) in [6.07, 6.45) is 6.61. The molecule has 5 heteroatoms. The smallest absolute Gasteiger partial charge is 0.0420 e. The van der Waals surface area contributed by atoms with Crippen molar-refractivity contribution in [2.24, 2.45) is 5.10 Å². The van der Waals surface area contributed by atoms with Crippen LogP contribution in [0.25, 0.3) is 0 Å². The normalized spacial score (nSPS) is 23.5. The highest BCUT2D eigenvalue weighted by molar-refractivity contribution is 5.52. The Balaban J connectivity index is 1.82. The molecule has 2 aliphatic heterocycles. The standard InChI is InChI=1S/C17H33N5/c1-5-18-22(6-2)15-16(3)20-9-7-17(8-10-20)21-13-11-19(4)12-14-21/h5,15,17H,6-14H2,1-4H3/b16-15+,18-5-. The Kier molecular flexibility index (Phi) is 6.70. The van der Waals surface area contributed by atoms with Gasteiger partial charge in [-0.1, -0.05) is 0 Å². The lowest BCUT2D eigenvalue weighted by atomic mass is 10.0. The molecule has 0 aromatic carbocycles. The minimum Gasteiger partial charge on any atom is -0.374 e. The van der Waals surface area contributed by atoms with E-state index >= 15 is 0 Å². The molecule has 5 nitrogen and oxygen atoms in total. The highest BCUT2D eigenvalue weighted by atomic mass is 15.4. The van der Waals surface area contributed by atoms with Gasteiger partial charge in [0.15, 0.2) is 0 Å². The largest absolute Gasteiger partial charge is 0.374 e. The van der Waals surface area contributed by atoms with E-state index in [1.807, 2.05) is 18.1 Å². The number of piperidine rings is 1. The van der Waals surface area contributed by atoms with Crippen molar-refractivity contribution in [2.45, 2.75) is 39.7 Å². The molecule has 0 aromatic heterocycles. The van der Waals surface area contributed by atoms with Crippen molar-refractivity contribution in [1.82, 2.24) is 19.7 Å². The van der Waals surface area contributed by atoms with Crippen LogP contribution in [-0.2, 0) is 0 Å². The van der Waals surface area contributed by atoms with Gasteiger partial charge in [0.2, 0.25) is 0 Å². The molecule has 0 radical (unpaired) electrons. The first kappa shape index (κ1) is 17.3. The van der Waals surface area contributed by atoms with Gasteiger partial charge in [0, 0.05) is 70.0 Å². The fourth-order valence-corrected chi connectivity index (χ4v) is 3.42. The molecule has 0 N–H and O–H groups in total.